The molecule has 0 heterocycles. The van der Waals surface area contributed by atoms with Crippen LogP contribution in [0.25, 0.3) is 66.8 Å². The van der Waals surface area contributed by atoms with Crippen molar-refractivity contribution in [3.05, 3.63) is 234 Å². The molecule has 0 spiro atoms. The number of unbranched alkanes of at least 4 members (excludes halogenated alkanes) is 18. The Morgan fingerprint density at radius 1 is 0.202 bits per heavy atom. The molecule has 0 bridgehead atoms. The van der Waals surface area contributed by atoms with E-state index in [1.165, 1.54) is 259 Å². The highest BCUT2D eigenvalue weighted by molar-refractivity contribution is 5.88. The van der Waals surface area contributed by atoms with E-state index in [4.69, 9.17) is 0 Å². The van der Waals surface area contributed by atoms with Crippen molar-refractivity contribution in [1.29, 1.82) is 0 Å². The Balaban J connectivity index is 0.914. The molecule has 1 nitrogen and oxygen atoms in total. The standard InChI is InChI=1S/C93H111N/c1-7-13-19-31-61-91(62-32-20-14-8-2)85-40-28-25-37-79(85)82-58-49-73(67-88(82)91)70-43-52-76(53-44-70)94(77-54-45-71(46-55-77)74-50-59-83-80-38-26-29-41-86(80)92(89(83)68-74,63-33-21-15-9-3)64-34-22-16-10-4)78-56-47-72(48-57-78)75-51-60-84-81-39-27-30-42-87(81)93(90(84)69-75,65-35-23-17-11-5)66-36-24-18-12-6/h25-30,37-60,67-69H,7-24,31-36,61-66H2,1-6H3. The first-order valence-corrected chi connectivity index (χ1v) is 38.2. The summed E-state index contributed by atoms with van der Waals surface area (Å²) in [6.07, 6.45) is 38.2. The SMILES string of the molecule is CCCCCCC1(CCCCCC)c2ccccc2-c2ccc(-c3ccc(N(c4ccc(-c5ccc6c(c5)C(CCCCCC)(CCCCCC)c5ccccc5-6)cc4)c4ccc(-c5ccc6c(c5)C(CCCCCC)(CCCCCC)c5ccccc5-6)cc4)cc3)cc21. The highest BCUT2D eigenvalue weighted by atomic mass is 15.1. The normalized spacial score (nSPS) is 14.1. The van der Waals surface area contributed by atoms with E-state index in [1.54, 1.807) is 33.4 Å². The number of hydrogen-bond donors (Lipinski definition) is 0. The molecular formula is C93H111N. The maximum atomic E-state index is 2.61. The summed E-state index contributed by atoms with van der Waals surface area (Å²) in [5.74, 6) is 0. The van der Waals surface area contributed by atoms with Gasteiger partial charge in [0.15, 0.2) is 0 Å². The zero-order chi connectivity index (χ0) is 64.7. The Hall–Kier alpha value is -7.22. The first-order valence-electron chi connectivity index (χ1n) is 38.2. The summed E-state index contributed by atoms with van der Waals surface area (Å²) < 4.78 is 0. The van der Waals surface area contributed by atoms with Crippen molar-refractivity contribution in [2.45, 2.75) is 250 Å². The minimum absolute atomic E-state index is 0.0469. The van der Waals surface area contributed by atoms with Gasteiger partial charge in [0.2, 0.25) is 0 Å². The summed E-state index contributed by atoms with van der Waals surface area (Å²) >= 11 is 0. The van der Waals surface area contributed by atoms with E-state index in [0.717, 1.165) is 17.1 Å². The van der Waals surface area contributed by atoms with Crippen LogP contribution in [0.4, 0.5) is 17.1 Å². The maximum absolute atomic E-state index is 2.61. The molecule has 488 valence electrons. The predicted molar refractivity (Wildman–Crippen MR) is 409 cm³/mol. The molecule has 3 aliphatic carbocycles. The van der Waals surface area contributed by atoms with Gasteiger partial charge in [-0.1, -0.05) is 341 Å². The van der Waals surface area contributed by atoms with Crippen LogP contribution in [0.2, 0.25) is 0 Å². The largest absolute Gasteiger partial charge is 0.311 e. The lowest BCUT2D eigenvalue weighted by atomic mass is 9.70. The smallest absolute Gasteiger partial charge is 0.0462 e. The van der Waals surface area contributed by atoms with Crippen LogP contribution in [0.15, 0.2) is 200 Å². The van der Waals surface area contributed by atoms with Gasteiger partial charge < -0.3 is 4.90 Å². The number of rotatable bonds is 36. The first-order chi connectivity index (χ1) is 46.3. The molecule has 0 amide bonds. The summed E-state index contributed by atoms with van der Waals surface area (Å²) in [6.45, 7) is 14.1. The van der Waals surface area contributed by atoms with Gasteiger partial charge in [0.1, 0.15) is 0 Å². The van der Waals surface area contributed by atoms with Crippen molar-refractivity contribution in [3.8, 4) is 66.8 Å². The molecule has 0 N–H and O–H groups in total. The topological polar surface area (TPSA) is 3.24 Å². The highest BCUT2D eigenvalue weighted by Crippen LogP contribution is 2.58. The summed E-state index contributed by atoms with van der Waals surface area (Å²) in [5.41, 5.74) is 29.5. The zero-order valence-corrected chi connectivity index (χ0v) is 58.7. The molecule has 9 aromatic carbocycles. The Bertz CT molecular complexity index is 3450. The third kappa shape index (κ3) is 13.7. The van der Waals surface area contributed by atoms with Crippen LogP contribution in [0, 0.1) is 0 Å². The van der Waals surface area contributed by atoms with E-state index in [0.29, 0.717) is 0 Å². The molecule has 0 aliphatic heterocycles. The molecule has 9 aromatic rings. The second kappa shape index (κ2) is 31.6. The molecule has 0 saturated heterocycles. The second-order valence-electron chi connectivity index (χ2n) is 29.0. The zero-order valence-electron chi connectivity index (χ0n) is 58.7. The maximum Gasteiger partial charge on any atom is 0.0462 e. The predicted octanol–water partition coefficient (Wildman–Crippen LogP) is 28.8. The molecular weight excluding hydrogens is 1130 g/mol. The van der Waals surface area contributed by atoms with Crippen molar-refractivity contribution >= 4 is 17.1 Å². The molecule has 0 unspecified atom stereocenters. The molecule has 0 radical (unpaired) electrons. The number of nitrogens with zero attached hydrogens (tertiary/aromatic N) is 1. The molecule has 0 aromatic heterocycles. The van der Waals surface area contributed by atoms with Gasteiger partial charge in [-0.15, -0.1) is 0 Å². The van der Waals surface area contributed by atoms with Crippen molar-refractivity contribution in [2.24, 2.45) is 0 Å². The van der Waals surface area contributed by atoms with E-state index >= 15 is 0 Å². The lowest BCUT2D eigenvalue weighted by Crippen LogP contribution is -2.25. The summed E-state index contributed by atoms with van der Waals surface area (Å²) in [5, 5.41) is 0. The van der Waals surface area contributed by atoms with E-state index in [1.807, 2.05) is 0 Å². The average Bonchev–Trinajstić information content (AvgIpc) is 1.58. The van der Waals surface area contributed by atoms with Gasteiger partial charge >= 0.3 is 0 Å². The number of fused-ring (bicyclic) bond motifs is 9. The monoisotopic (exact) mass is 1240 g/mol. The Kier molecular flexibility index (Phi) is 22.4. The average molecular weight is 1240 g/mol. The summed E-state index contributed by atoms with van der Waals surface area (Å²) in [7, 11) is 0. The third-order valence-electron chi connectivity index (χ3n) is 22.9. The van der Waals surface area contributed by atoms with Crippen molar-refractivity contribution < 1.29 is 0 Å². The molecule has 0 fully saturated rings. The van der Waals surface area contributed by atoms with Gasteiger partial charge in [-0.3, -0.25) is 0 Å². The van der Waals surface area contributed by atoms with E-state index < -0.39 is 0 Å². The molecule has 0 saturated carbocycles. The van der Waals surface area contributed by atoms with Gasteiger partial charge in [0.05, 0.1) is 0 Å². The number of hydrogen-bond acceptors (Lipinski definition) is 1. The van der Waals surface area contributed by atoms with Crippen LogP contribution in [0.3, 0.4) is 0 Å². The van der Waals surface area contributed by atoms with E-state index in [-0.39, 0.29) is 16.2 Å². The van der Waals surface area contributed by atoms with Crippen LogP contribution >= 0.6 is 0 Å². The summed E-state index contributed by atoms with van der Waals surface area (Å²) in [6, 6.07) is 79.5. The minimum atomic E-state index is 0.0469. The Morgan fingerprint density at radius 3 is 0.649 bits per heavy atom. The Morgan fingerprint density at radius 2 is 0.415 bits per heavy atom. The fraction of sp³-hybridized carbons (Fsp3) is 0.419. The van der Waals surface area contributed by atoms with Crippen molar-refractivity contribution in [3.63, 3.8) is 0 Å². The van der Waals surface area contributed by atoms with E-state index in [9.17, 15) is 0 Å². The molecule has 1 heteroatoms. The number of anilines is 3. The lowest BCUT2D eigenvalue weighted by molar-refractivity contribution is 0.401. The van der Waals surface area contributed by atoms with Crippen LogP contribution in [0.1, 0.15) is 268 Å². The van der Waals surface area contributed by atoms with Gasteiger partial charge in [-0.05, 0) is 193 Å². The van der Waals surface area contributed by atoms with Gasteiger partial charge in [-0.2, -0.15) is 0 Å². The van der Waals surface area contributed by atoms with Crippen LogP contribution < -0.4 is 4.90 Å². The molecule has 3 aliphatic rings. The van der Waals surface area contributed by atoms with Crippen molar-refractivity contribution in [2.75, 3.05) is 4.90 Å². The van der Waals surface area contributed by atoms with Crippen molar-refractivity contribution in [1.82, 2.24) is 0 Å². The van der Waals surface area contributed by atoms with Crippen LogP contribution in [0.5, 0.6) is 0 Å². The highest BCUT2D eigenvalue weighted by Gasteiger charge is 2.45. The lowest BCUT2D eigenvalue weighted by Gasteiger charge is -2.33. The first kappa shape index (κ1) is 66.8. The quantitative estimate of drug-likeness (QED) is 0.0354. The molecule has 12 rings (SSSR count). The number of benzene rings is 9. The second-order valence-corrected chi connectivity index (χ2v) is 29.0. The fourth-order valence-electron chi connectivity index (χ4n) is 17.9. The third-order valence-corrected chi connectivity index (χ3v) is 22.9. The van der Waals surface area contributed by atoms with Crippen LogP contribution in [-0.2, 0) is 16.2 Å². The Labute approximate surface area is 569 Å². The van der Waals surface area contributed by atoms with Gasteiger partial charge in [0.25, 0.3) is 0 Å². The van der Waals surface area contributed by atoms with Gasteiger partial charge in [0, 0.05) is 33.3 Å². The van der Waals surface area contributed by atoms with Crippen LogP contribution in [-0.4, -0.2) is 0 Å². The van der Waals surface area contributed by atoms with Gasteiger partial charge in [-0.25, -0.2) is 0 Å². The summed E-state index contributed by atoms with van der Waals surface area (Å²) in [4.78, 5) is 2.50. The minimum Gasteiger partial charge on any atom is -0.311 e. The van der Waals surface area contributed by atoms with E-state index in [2.05, 4.69) is 247 Å². The molecule has 0 atom stereocenters. The fourth-order valence-corrected chi connectivity index (χ4v) is 17.9. The molecule has 94 heavy (non-hydrogen) atoms.